The standard InChI is InChI=1S/C16H19N3/c1-12-15(18-11-17-12)8-5-7-14-10-13-6-3-4-9-16(13)19(14)2/h3-4,6,9-11H,5,7-8H2,1-2H3,(H,17,18). The van der Waals surface area contributed by atoms with Crippen LogP contribution in [-0.4, -0.2) is 14.5 Å². The highest BCUT2D eigenvalue weighted by atomic mass is 14.9. The number of fused-ring (bicyclic) bond motifs is 1. The number of nitrogens with one attached hydrogen (secondary N) is 1. The Balaban J connectivity index is 1.72. The first-order valence-electron chi connectivity index (χ1n) is 6.78. The van der Waals surface area contributed by atoms with E-state index in [4.69, 9.17) is 0 Å². The van der Waals surface area contributed by atoms with Gasteiger partial charge < -0.3 is 9.55 Å². The molecular formula is C16H19N3. The molecule has 0 saturated carbocycles. The highest BCUT2D eigenvalue weighted by Crippen LogP contribution is 2.19. The van der Waals surface area contributed by atoms with Crippen LogP contribution in [0.3, 0.4) is 0 Å². The fourth-order valence-electron chi connectivity index (χ4n) is 2.66. The summed E-state index contributed by atoms with van der Waals surface area (Å²) in [5.74, 6) is 0. The Morgan fingerprint density at radius 2 is 2.05 bits per heavy atom. The number of hydrogen-bond donors (Lipinski definition) is 1. The van der Waals surface area contributed by atoms with E-state index in [1.165, 1.54) is 28.0 Å². The molecular weight excluding hydrogens is 234 g/mol. The second-order valence-corrected chi connectivity index (χ2v) is 5.08. The second-order valence-electron chi connectivity index (χ2n) is 5.08. The average Bonchev–Trinajstić information content (AvgIpc) is 2.96. The minimum absolute atomic E-state index is 1.04. The maximum Gasteiger partial charge on any atom is 0.0925 e. The van der Waals surface area contributed by atoms with Crippen LogP contribution in [0.15, 0.2) is 36.7 Å². The average molecular weight is 253 g/mol. The summed E-state index contributed by atoms with van der Waals surface area (Å²) in [5, 5.41) is 1.33. The van der Waals surface area contributed by atoms with Crippen molar-refractivity contribution in [2.75, 3.05) is 0 Å². The number of aromatic nitrogens is 3. The van der Waals surface area contributed by atoms with Crippen LogP contribution in [0.25, 0.3) is 10.9 Å². The normalized spacial score (nSPS) is 11.3. The van der Waals surface area contributed by atoms with Gasteiger partial charge in [0.1, 0.15) is 0 Å². The van der Waals surface area contributed by atoms with Crippen molar-refractivity contribution < 1.29 is 0 Å². The zero-order valence-corrected chi connectivity index (χ0v) is 11.5. The molecule has 0 atom stereocenters. The summed E-state index contributed by atoms with van der Waals surface area (Å²) in [5.41, 5.74) is 5.10. The van der Waals surface area contributed by atoms with Crippen molar-refractivity contribution in [2.24, 2.45) is 7.05 Å². The first-order valence-corrected chi connectivity index (χ1v) is 6.78. The molecule has 2 aromatic heterocycles. The van der Waals surface area contributed by atoms with E-state index in [0.29, 0.717) is 0 Å². The van der Waals surface area contributed by atoms with Crippen LogP contribution in [0.4, 0.5) is 0 Å². The van der Waals surface area contributed by atoms with Gasteiger partial charge in [-0.25, -0.2) is 4.98 Å². The summed E-state index contributed by atoms with van der Waals surface area (Å²) in [4.78, 5) is 7.48. The van der Waals surface area contributed by atoms with Gasteiger partial charge in [0.2, 0.25) is 0 Å². The fraction of sp³-hybridized carbons (Fsp3) is 0.312. The Labute approximate surface area is 113 Å². The highest BCUT2D eigenvalue weighted by Gasteiger charge is 2.06. The van der Waals surface area contributed by atoms with Crippen molar-refractivity contribution in [3.63, 3.8) is 0 Å². The molecule has 3 aromatic rings. The molecule has 0 fully saturated rings. The topological polar surface area (TPSA) is 33.6 Å². The van der Waals surface area contributed by atoms with Crippen molar-refractivity contribution in [3.8, 4) is 0 Å². The first-order chi connectivity index (χ1) is 9.25. The number of hydrogen-bond acceptors (Lipinski definition) is 1. The number of H-pyrrole nitrogens is 1. The van der Waals surface area contributed by atoms with E-state index in [0.717, 1.165) is 19.3 Å². The second kappa shape index (κ2) is 4.92. The van der Waals surface area contributed by atoms with Crippen LogP contribution in [-0.2, 0) is 19.9 Å². The van der Waals surface area contributed by atoms with Gasteiger partial charge in [-0.15, -0.1) is 0 Å². The lowest BCUT2D eigenvalue weighted by Crippen LogP contribution is -1.98. The van der Waals surface area contributed by atoms with Gasteiger partial charge in [-0.1, -0.05) is 18.2 Å². The van der Waals surface area contributed by atoms with Crippen molar-refractivity contribution in [1.82, 2.24) is 14.5 Å². The molecule has 0 spiro atoms. The zero-order valence-electron chi connectivity index (χ0n) is 11.5. The van der Waals surface area contributed by atoms with Crippen LogP contribution < -0.4 is 0 Å². The third-order valence-electron chi connectivity index (χ3n) is 3.83. The number of nitrogens with zero attached hydrogens (tertiary/aromatic N) is 2. The number of benzene rings is 1. The Morgan fingerprint density at radius 3 is 2.79 bits per heavy atom. The largest absolute Gasteiger partial charge is 0.348 e. The number of aryl methyl sites for hydroxylation is 4. The quantitative estimate of drug-likeness (QED) is 0.759. The molecule has 0 unspecified atom stereocenters. The van der Waals surface area contributed by atoms with Gasteiger partial charge in [0, 0.05) is 24.0 Å². The molecule has 3 nitrogen and oxygen atoms in total. The molecule has 0 saturated heterocycles. The van der Waals surface area contributed by atoms with Crippen LogP contribution in [0, 0.1) is 6.92 Å². The third kappa shape index (κ3) is 2.28. The lowest BCUT2D eigenvalue weighted by Gasteiger charge is -2.04. The molecule has 19 heavy (non-hydrogen) atoms. The molecule has 0 amide bonds. The number of aromatic amines is 1. The maximum absolute atomic E-state index is 4.35. The monoisotopic (exact) mass is 253 g/mol. The highest BCUT2D eigenvalue weighted by molar-refractivity contribution is 5.81. The van der Waals surface area contributed by atoms with Crippen molar-refractivity contribution in [1.29, 1.82) is 0 Å². The van der Waals surface area contributed by atoms with Crippen LogP contribution in [0.1, 0.15) is 23.5 Å². The molecule has 0 radical (unpaired) electrons. The Hall–Kier alpha value is -2.03. The van der Waals surface area contributed by atoms with Gasteiger partial charge in [0.15, 0.2) is 0 Å². The number of para-hydroxylation sites is 1. The van der Waals surface area contributed by atoms with Gasteiger partial charge in [0.05, 0.1) is 12.0 Å². The van der Waals surface area contributed by atoms with Gasteiger partial charge >= 0.3 is 0 Å². The van der Waals surface area contributed by atoms with E-state index in [1.807, 2.05) is 0 Å². The minimum Gasteiger partial charge on any atom is -0.348 e. The van der Waals surface area contributed by atoms with E-state index < -0.39 is 0 Å². The Morgan fingerprint density at radius 1 is 1.21 bits per heavy atom. The van der Waals surface area contributed by atoms with Crippen LogP contribution in [0.5, 0.6) is 0 Å². The van der Waals surface area contributed by atoms with Crippen molar-refractivity contribution in [3.05, 3.63) is 53.7 Å². The van der Waals surface area contributed by atoms with Crippen LogP contribution in [0.2, 0.25) is 0 Å². The zero-order chi connectivity index (χ0) is 13.2. The lowest BCUT2D eigenvalue weighted by molar-refractivity contribution is 0.746. The van der Waals surface area contributed by atoms with E-state index in [2.05, 4.69) is 58.8 Å². The number of imidazole rings is 1. The van der Waals surface area contributed by atoms with Crippen molar-refractivity contribution in [2.45, 2.75) is 26.2 Å². The van der Waals surface area contributed by atoms with E-state index in [9.17, 15) is 0 Å². The minimum atomic E-state index is 1.04. The van der Waals surface area contributed by atoms with Gasteiger partial charge in [-0.2, -0.15) is 0 Å². The summed E-state index contributed by atoms with van der Waals surface area (Å²) in [6.07, 6.45) is 5.05. The van der Waals surface area contributed by atoms with Crippen molar-refractivity contribution >= 4 is 10.9 Å². The van der Waals surface area contributed by atoms with Crippen LogP contribution >= 0.6 is 0 Å². The number of rotatable bonds is 4. The summed E-state index contributed by atoms with van der Waals surface area (Å²) in [7, 11) is 2.15. The fourth-order valence-corrected chi connectivity index (χ4v) is 2.66. The SMILES string of the molecule is Cc1[nH]cnc1CCCc1cc2ccccc2n1C. The molecule has 1 aromatic carbocycles. The molecule has 0 aliphatic heterocycles. The summed E-state index contributed by atoms with van der Waals surface area (Å²) < 4.78 is 2.30. The molecule has 0 aliphatic rings. The predicted molar refractivity (Wildman–Crippen MR) is 78.3 cm³/mol. The molecule has 98 valence electrons. The van der Waals surface area contributed by atoms with E-state index in [1.54, 1.807) is 6.33 Å². The Kier molecular flexibility index (Phi) is 3.11. The molecule has 3 rings (SSSR count). The molecule has 0 aliphatic carbocycles. The molecule has 1 N–H and O–H groups in total. The van der Waals surface area contributed by atoms with Gasteiger partial charge in [-0.3, -0.25) is 0 Å². The molecule has 0 bridgehead atoms. The molecule has 2 heterocycles. The Bertz CT molecular complexity index is 691. The van der Waals surface area contributed by atoms with E-state index in [-0.39, 0.29) is 0 Å². The third-order valence-corrected chi connectivity index (χ3v) is 3.83. The molecule has 3 heteroatoms. The summed E-state index contributed by atoms with van der Waals surface area (Å²) in [6.45, 7) is 2.08. The summed E-state index contributed by atoms with van der Waals surface area (Å²) in [6, 6.07) is 10.8. The maximum atomic E-state index is 4.35. The smallest absolute Gasteiger partial charge is 0.0925 e. The first kappa shape index (κ1) is 12.0. The lowest BCUT2D eigenvalue weighted by atomic mass is 10.1. The van der Waals surface area contributed by atoms with Gasteiger partial charge in [-0.05, 0) is 43.7 Å². The summed E-state index contributed by atoms with van der Waals surface area (Å²) >= 11 is 0. The predicted octanol–water partition coefficient (Wildman–Crippen LogP) is 3.39. The van der Waals surface area contributed by atoms with E-state index >= 15 is 0 Å². The van der Waals surface area contributed by atoms with Gasteiger partial charge in [0.25, 0.3) is 0 Å².